The van der Waals surface area contributed by atoms with Gasteiger partial charge in [-0.2, -0.15) is 0 Å². The van der Waals surface area contributed by atoms with Crippen molar-refractivity contribution in [3.8, 4) is 5.75 Å². The van der Waals surface area contributed by atoms with Crippen molar-refractivity contribution >= 4 is 5.91 Å². The summed E-state index contributed by atoms with van der Waals surface area (Å²) >= 11 is 0. The minimum absolute atomic E-state index is 0.0368. The van der Waals surface area contributed by atoms with Crippen LogP contribution in [-0.4, -0.2) is 12.7 Å². The van der Waals surface area contributed by atoms with Crippen LogP contribution in [0.25, 0.3) is 0 Å². The predicted molar refractivity (Wildman–Crippen MR) is 93.0 cm³/mol. The normalized spacial score (nSPS) is 13.8. The first-order chi connectivity index (χ1) is 11.8. The summed E-state index contributed by atoms with van der Waals surface area (Å²) in [6.07, 6.45) is 0. The number of halogens is 1. The summed E-state index contributed by atoms with van der Waals surface area (Å²) in [6, 6.07) is 10.3. The summed E-state index contributed by atoms with van der Waals surface area (Å²) in [5, 5.41) is 2.82. The number of rotatable bonds is 3. The molecule has 1 aliphatic heterocycles. The van der Waals surface area contributed by atoms with Gasteiger partial charge in [0.15, 0.2) is 6.79 Å². The van der Waals surface area contributed by atoms with E-state index in [4.69, 9.17) is 9.47 Å². The molecule has 3 rings (SSSR count). The number of amides is 1. The molecule has 0 unspecified atom stereocenters. The molecule has 0 fully saturated rings. The van der Waals surface area contributed by atoms with Crippen LogP contribution < -0.4 is 10.1 Å². The van der Waals surface area contributed by atoms with Gasteiger partial charge in [0.05, 0.1) is 6.61 Å². The van der Waals surface area contributed by atoms with E-state index in [1.54, 1.807) is 12.1 Å². The van der Waals surface area contributed by atoms with E-state index in [-0.39, 0.29) is 30.5 Å². The van der Waals surface area contributed by atoms with Gasteiger partial charge in [-0.05, 0) is 35.2 Å². The number of hydrogen-bond donors (Lipinski definition) is 1. The van der Waals surface area contributed by atoms with Gasteiger partial charge in [0.2, 0.25) is 0 Å². The molecule has 0 bridgehead atoms. The summed E-state index contributed by atoms with van der Waals surface area (Å²) in [6.45, 7) is 7.01. The first kappa shape index (κ1) is 17.4. The third-order valence-corrected chi connectivity index (χ3v) is 4.20. The van der Waals surface area contributed by atoms with E-state index in [2.05, 4.69) is 26.1 Å². The highest BCUT2D eigenvalue weighted by Gasteiger charge is 2.18. The quantitative estimate of drug-likeness (QED) is 0.919. The monoisotopic (exact) mass is 343 g/mol. The molecule has 0 saturated heterocycles. The third-order valence-electron chi connectivity index (χ3n) is 4.20. The van der Waals surface area contributed by atoms with Gasteiger partial charge in [-0.25, -0.2) is 4.39 Å². The number of fused-ring (bicyclic) bond motifs is 1. The fourth-order valence-corrected chi connectivity index (χ4v) is 2.79. The van der Waals surface area contributed by atoms with Gasteiger partial charge in [-0.1, -0.05) is 32.9 Å². The molecule has 1 aliphatic rings. The highest BCUT2D eigenvalue weighted by atomic mass is 19.1. The molecule has 1 heterocycles. The van der Waals surface area contributed by atoms with Crippen molar-refractivity contribution < 1.29 is 18.7 Å². The van der Waals surface area contributed by atoms with Crippen molar-refractivity contribution in [2.75, 3.05) is 6.79 Å². The van der Waals surface area contributed by atoms with E-state index >= 15 is 0 Å². The Hall–Kier alpha value is -2.40. The van der Waals surface area contributed by atoms with Crippen LogP contribution in [0, 0.1) is 5.82 Å². The Morgan fingerprint density at radius 3 is 2.60 bits per heavy atom. The van der Waals surface area contributed by atoms with Gasteiger partial charge < -0.3 is 14.8 Å². The number of nitrogens with one attached hydrogen (secondary N) is 1. The van der Waals surface area contributed by atoms with Crippen LogP contribution in [-0.2, 0) is 23.3 Å². The summed E-state index contributed by atoms with van der Waals surface area (Å²) in [5.41, 5.74) is 3.04. The Morgan fingerprint density at radius 2 is 1.92 bits per heavy atom. The van der Waals surface area contributed by atoms with Gasteiger partial charge in [0, 0.05) is 23.2 Å². The zero-order chi connectivity index (χ0) is 18.0. The summed E-state index contributed by atoms with van der Waals surface area (Å²) in [7, 11) is 0. The van der Waals surface area contributed by atoms with Crippen LogP contribution in [0.15, 0.2) is 36.4 Å². The van der Waals surface area contributed by atoms with Crippen LogP contribution in [0.1, 0.15) is 47.8 Å². The first-order valence-electron chi connectivity index (χ1n) is 8.25. The highest BCUT2D eigenvalue weighted by molar-refractivity contribution is 5.94. The van der Waals surface area contributed by atoms with Gasteiger partial charge in [-0.15, -0.1) is 0 Å². The van der Waals surface area contributed by atoms with Crippen LogP contribution in [0.2, 0.25) is 0 Å². The average Bonchev–Trinajstić information content (AvgIpc) is 2.58. The van der Waals surface area contributed by atoms with Crippen LogP contribution in [0.4, 0.5) is 4.39 Å². The molecule has 0 saturated carbocycles. The molecule has 0 radical (unpaired) electrons. The molecular weight excluding hydrogens is 321 g/mol. The second-order valence-corrected chi connectivity index (χ2v) is 7.17. The lowest BCUT2D eigenvalue weighted by atomic mass is 9.87. The number of hydrogen-bond acceptors (Lipinski definition) is 3. The fraction of sp³-hybridized carbons (Fsp3) is 0.350. The van der Waals surface area contributed by atoms with Crippen molar-refractivity contribution in [1.82, 2.24) is 5.32 Å². The molecule has 132 valence electrons. The molecule has 2 aromatic carbocycles. The molecule has 0 aliphatic carbocycles. The maximum atomic E-state index is 13.7. The highest BCUT2D eigenvalue weighted by Crippen LogP contribution is 2.29. The molecule has 2 aromatic rings. The van der Waals surface area contributed by atoms with Crippen molar-refractivity contribution in [2.24, 2.45) is 0 Å². The molecule has 4 nitrogen and oxygen atoms in total. The number of ether oxygens (including phenoxy) is 2. The SMILES string of the molecule is CC(C)(C)c1ccc(C(=O)NCc2cc(F)cc3c2OCOC3)cc1. The van der Waals surface area contributed by atoms with E-state index in [0.717, 1.165) is 5.56 Å². The Morgan fingerprint density at radius 1 is 1.20 bits per heavy atom. The maximum Gasteiger partial charge on any atom is 0.251 e. The Bertz CT molecular complexity index is 779. The minimum atomic E-state index is -0.369. The Kier molecular flexibility index (Phi) is 4.77. The van der Waals surface area contributed by atoms with Crippen molar-refractivity contribution in [3.63, 3.8) is 0 Å². The summed E-state index contributed by atoms with van der Waals surface area (Å²) in [4.78, 5) is 12.4. The molecule has 1 N–H and O–H groups in total. The van der Waals surface area contributed by atoms with E-state index in [1.807, 2.05) is 12.1 Å². The molecule has 5 heteroatoms. The van der Waals surface area contributed by atoms with Crippen molar-refractivity contribution in [2.45, 2.75) is 39.3 Å². The largest absolute Gasteiger partial charge is 0.467 e. The maximum absolute atomic E-state index is 13.7. The second-order valence-electron chi connectivity index (χ2n) is 7.17. The zero-order valence-corrected chi connectivity index (χ0v) is 14.7. The Labute approximate surface area is 147 Å². The second kappa shape index (κ2) is 6.84. The van der Waals surface area contributed by atoms with Crippen molar-refractivity contribution in [3.05, 3.63) is 64.5 Å². The third kappa shape index (κ3) is 3.99. The van der Waals surface area contributed by atoms with E-state index in [1.165, 1.54) is 12.1 Å². The van der Waals surface area contributed by atoms with Crippen LogP contribution in [0.5, 0.6) is 5.75 Å². The predicted octanol–water partition coefficient (Wildman–Crippen LogP) is 3.92. The topological polar surface area (TPSA) is 47.6 Å². The molecule has 0 spiro atoms. The smallest absolute Gasteiger partial charge is 0.251 e. The fourth-order valence-electron chi connectivity index (χ4n) is 2.79. The molecular formula is C20H22FNO3. The Balaban J connectivity index is 1.72. The molecule has 0 aromatic heterocycles. The lowest BCUT2D eigenvalue weighted by molar-refractivity contribution is -0.0173. The molecule has 25 heavy (non-hydrogen) atoms. The summed E-state index contributed by atoms with van der Waals surface area (Å²) < 4.78 is 24.4. The average molecular weight is 343 g/mol. The summed E-state index contributed by atoms with van der Waals surface area (Å²) in [5.74, 6) is 0.0215. The standard InChI is InChI=1S/C20H22FNO3/c1-20(2,3)16-6-4-13(5-7-16)19(23)22-10-14-8-17(21)9-15-11-24-12-25-18(14)15/h4-9H,10-12H2,1-3H3,(H,22,23). The van der Waals surface area contributed by atoms with Gasteiger partial charge >= 0.3 is 0 Å². The van der Waals surface area contributed by atoms with Gasteiger partial charge in [0.25, 0.3) is 5.91 Å². The first-order valence-corrected chi connectivity index (χ1v) is 8.25. The lowest BCUT2D eigenvalue weighted by Gasteiger charge is -2.21. The van der Waals surface area contributed by atoms with Gasteiger partial charge in [0.1, 0.15) is 11.6 Å². The van der Waals surface area contributed by atoms with E-state index in [0.29, 0.717) is 29.0 Å². The van der Waals surface area contributed by atoms with E-state index < -0.39 is 0 Å². The number of benzene rings is 2. The van der Waals surface area contributed by atoms with Crippen molar-refractivity contribution in [1.29, 1.82) is 0 Å². The van der Waals surface area contributed by atoms with Crippen LogP contribution in [0.3, 0.4) is 0 Å². The van der Waals surface area contributed by atoms with E-state index in [9.17, 15) is 9.18 Å². The zero-order valence-electron chi connectivity index (χ0n) is 14.7. The van der Waals surface area contributed by atoms with Gasteiger partial charge in [-0.3, -0.25) is 4.79 Å². The van der Waals surface area contributed by atoms with Crippen LogP contribution >= 0.6 is 0 Å². The lowest BCUT2D eigenvalue weighted by Crippen LogP contribution is -2.24. The molecule has 0 atom stereocenters. The molecule has 1 amide bonds. The number of carbonyl (C=O) groups excluding carboxylic acids is 1. The minimum Gasteiger partial charge on any atom is -0.467 e. The number of carbonyl (C=O) groups is 1.